The predicted molar refractivity (Wildman–Crippen MR) is 54.8 cm³/mol. The lowest BCUT2D eigenvalue weighted by Gasteiger charge is -2.03. The lowest BCUT2D eigenvalue weighted by atomic mass is 10.2. The van der Waals surface area contributed by atoms with Crippen LogP contribution < -0.4 is 0 Å². The van der Waals surface area contributed by atoms with Gasteiger partial charge in [0.05, 0.1) is 11.4 Å². The zero-order chi connectivity index (χ0) is 11.5. The summed E-state index contributed by atoms with van der Waals surface area (Å²) in [4.78, 5) is 11.8. The molecule has 0 fully saturated rings. The summed E-state index contributed by atoms with van der Waals surface area (Å²) >= 11 is 0. The third-order valence-corrected chi connectivity index (χ3v) is 2.11. The lowest BCUT2D eigenvalue weighted by Crippen LogP contribution is -1.96. The van der Waals surface area contributed by atoms with Gasteiger partial charge in [-0.15, -0.1) is 0 Å². The molecule has 0 aliphatic carbocycles. The van der Waals surface area contributed by atoms with Crippen molar-refractivity contribution in [2.75, 3.05) is 0 Å². The Hall–Kier alpha value is -1.91. The Balaban J connectivity index is 2.48. The summed E-state index contributed by atoms with van der Waals surface area (Å²) in [6.45, 7) is 0.883. The zero-order valence-electron chi connectivity index (χ0n) is 8.61. The standard InChI is InChI=1S/C11H9F2N3/c1-7-4-10(15-6-14-7)9-3-2-8(13)11(5-12)16-9/h2-4,6H,5H2,1H3. The molecule has 0 aliphatic rings. The Kier molecular flexibility index (Phi) is 2.85. The summed E-state index contributed by atoms with van der Waals surface area (Å²) in [5, 5.41) is 0. The molecule has 0 aromatic carbocycles. The highest BCUT2D eigenvalue weighted by Crippen LogP contribution is 2.17. The average molecular weight is 221 g/mol. The minimum Gasteiger partial charge on any atom is -0.245 e. The molecule has 16 heavy (non-hydrogen) atoms. The van der Waals surface area contributed by atoms with E-state index in [1.807, 2.05) is 6.92 Å². The van der Waals surface area contributed by atoms with Crippen molar-refractivity contribution in [3.8, 4) is 11.4 Å². The Labute approximate surface area is 91.2 Å². The fourth-order valence-electron chi connectivity index (χ4n) is 1.32. The first-order valence-electron chi connectivity index (χ1n) is 4.71. The monoisotopic (exact) mass is 221 g/mol. The van der Waals surface area contributed by atoms with Crippen LogP contribution in [-0.2, 0) is 6.67 Å². The smallest absolute Gasteiger partial charge is 0.147 e. The van der Waals surface area contributed by atoms with Crippen LogP contribution in [0.2, 0.25) is 0 Å². The highest BCUT2D eigenvalue weighted by molar-refractivity contribution is 5.54. The molecule has 0 saturated heterocycles. The van der Waals surface area contributed by atoms with Gasteiger partial charge in [-0.05, 0) is 25.1 Å². The molecule has 0 radical (unpaired) electrons. The van der Waals surface area contributed by atoms with Crippen LogP contribution in [0, 0.1) is 12.7 Å². The molecule has 0 bridgehead atoms. The van der Waals surface area contributed by atoms with Crippen molar-refractivity contribution < 1.29 is 8.78 Å². The minimum absolute atomic E-state index is 0.200. The first-order chi connectivity index (χ1) is 7.70. The van der Waals surface area contributed by atoms with E-state index in [0.29, 0.717) is 11.4 Å². The van der Waals surface area contributed by atoms with Crippen molar-refractivity contribution in [2.24, 2.45) is 0 Å². The normalized spacial score (nSPS) is 10.4. The largest absolute Gasteiger partial charge is 0.245 e. The molecule has 82 valence electrons. The lowest BCUT2D eigenvalue weighted by molar-refractivity contribution is 0.452. The van der Waals surface area contributed by atoms with E-state index in [2.05, 4.69) is 15.0 Å². The van der Waals surface area contributed by atoms with E-state index in [1.165, 1.54) is 18.5 Å². The van der Waals surface area contributed by atoms with Crippen molar-refractivity contribution in [1.29, 1.82) is 0 Å². The highest BCUT2D eigenvalue weighted by atomic mass is 19.1. The first-order valence-corrected chi connectivity index (χ1v) is 4.71. The number of hydrogen-bond donors (Lipinski definition) is 0. The van der Waals surface area contributed by atoms with Gasteiger partial charge in [0.2, 0.25) is 0 Å². The third-order valence-electron chi connectivity index (χ3n) is 2.11. The van der Waals surface area contributed by atoms with Gasteiger partial charge in [-0.25, -0.2) is 23.7 Å². The molecule has 2 heterocycles. The van der Waals surface area contributed by atoms with Gasteiger partial charge < -0.3 is 0 Å². The molecule has 0 atom stereocenters. The number of aryl methyl sites for hydroxylation is 1. The highest BCUT2D eigenvalue weighted by Gasteiger charge is 2.07. The summed E-state index contributed by atoms with van der Waals surface area (Å²) in [5.41, 5.74) is 1.58. The molecule has 0 N–H and O–H groups in total. The fourth-order valence-corrected chi connectivity index (χ4v) is 1.32. The molecule has 2 aromatic heterocycles. The second-order valence-electron chi connectivity index (χ2n) is 3.30. The van der Waals surface area contributed by atoms with Crippen molar-refractivity contribution in [1.82, 2.24) is 15.0 Å². The number of halogens is 2. The van der Waals surface area contributed by atoms with Gasteiger partial charge >= 0.3 is 0 Å². The first kappa shape index (κ1) is 10.6. The van der Waals surface area contributed by atoms with E-state index in [-0.39, 0.29) is 5.69 Å². The maximum absolute atomic E-state index is 13.0. The number of rotatable bonds is 2. The minimum atomic E-state index is -0.927. The van der Waals surface area contributed by atoms with E-state index >= 15 is 0 Å². The van der Waals surface area contributed by atoms with Crippen LogP contribution >= 0.6 is 0 Å². The SMILES string of the molecule is Cc1cc(-c2ccc(F)c(CF)n2)ncn1. The molecular formula is C11H9F2N3. The number of pyridine rings is 1. The Morgan fingerprint density at radius 1 is 1.19 bits per heavy atom. The number of alkyl halides is 1. The van der Waals surface area contributed by atoms with Crippen LogP contribution in [0.15, 0.2) is 24.5 Å². The van der Waals surface area contributed by atoms with Crippen LogP contribution in [0.3, 0.4) is 0 Å². The Morgan fingerprint density at radius 2 is 2.00 bits per heavy atom. The molecule has 0 amide bonds. The van der Waals surface area contributed by atoms with Crippen LogP contribution in [0.1, 0.15) is 11.4 Å². The van der Waals surface area contributed by atoms with Gasteiger partial charge in [0.15, 0.2) is 0 Å². The van der Waals surface area contributed by atoms with Crippen molar-refractivity contribution in [3.05, 3.63) is 41.7 Å². The van der Waals surface area contributed by atoms with Crippen molar-refractivity contribution in [2.45, 2.75) is 13.6 Å². The van der Waals surface area contributed by atoms with E-state index < -0.39 is 12.5 Å². The quantitative estimate of drug-likeness (QED) is 0.781. The van der Waals surface area contributed by atoms with Crippen molar-refractivity contribution >= 4 is 0 Å². The summed E-state index contributed by atoms with van der Waals surface area (Å²) < 4.78 is 25.5. The molecule has 0 unspecified atom stereocenters. The maximum atomic E-state index is 13.0. The maximum Gasteiger partial charge on any atom is 0.147 e. The number of hydrogen-bond acceptors (Lipinski definition) is 3. The van der Waals surface area contributed by atoms with Crippen LogP contribution in [0.25, 0.3) is 11.4 Å². The topological polar surface area (TPSA) is 38.7 Å². The second-order valence-corrected chi connectivity index (χ2v) is 3.30. The molecule has 0 aliphatic heterocycles. The number of nitrogens with zero attached hydrogens (tertiary/aromatic N) is 3. The van der Waals surface area contributed by atoms with E-state index in [4.69, 9.17) is 0 Å². The van der Waals surface area contributed by atoms with Gasteiger partial charge in [0.25, 0.3) is 0 Å². The summed E-state index contributed by atoms with van der Waals surface area (Å²) in [6.07, 6.45) is 1.39. The molecule has 5 heteroatoms. The average Bonchev–Trinajstić information content (AvgIpc) is 2.29. The third kappa shape index (κ3) is 2.03. The molecule has 2 rings (SSSR count). The zero-order valence-corrected chi connectivity index (χ0v) is 8.61. The molecule has 3 nitrogen and oxygen atoms in total. The Bertz CT molecular complexity index is 514. The van der Waals surface area contributed by atoms with Gasteiger partial charge in [-0.2, -0.15) is 0 Å². The molecular weight excluding hydrogens is 212 g/mol. The van der Waals surface area contributed by atoms with Gasteiger partial charge in [0, 0.05) is 5.69 Å². The second kappa shape index (κ2) is 4.30. The van der Waals surface area contributed by atoms with Crippen molar-refractivity contribution in [3.63, 3.8) is 0 Å². The van der Waals surface area contributed by atoms with E-state index in [9.17, 15) is 8.78 Å². The summed E-state index contributed by atoms with van der Waals surface area (Å²) in [6, 6.07) is 4.37. The van der Waals surface area contributed by atoms with Crippen LogP contribution in [0.5, 0.6) is 0 Å². The fraction of sp³-hybridized carbons (Fsp3) is 0.182. The molecule has 2 aromatic rings. The van der Waals surface area contributed by atoms with E-state index in [0.717, 1.165) is 5.69 Å². The van der Waals surface area contributed by atoms with E-state index in [1.54, 1.807) is 6.07 Å². The number of aromatic nitrogens is 3. The summed E-state index contributed by atoms with van der Waals surface area (Å²) in [7, 11) is 0. The molecule has 0 spiro atoms. The van der Waals surface area contributed by atoms with Gasteiger partial charge in [-0.1, -0.05) is 0 Å². The van der Waals surface area contributed by atoms with Crippen LogP contribution in [0.4, 0.5) is 8.78 Å². The molecule has 0 saturated carbocycles. The predicted octanol–water partition coefficient (Wildman–Crippen LogP) is 2.46. The Morgan fingerprint density at radius 3 is 2.69 bits per heavy atom. The van der Waals surface area contributed by atoms with Gasteiger partial charge in [-0.3, -0.25) is 0 Å². The van der Waals surface area contributed by atoms with Gasteiger partial charge in [0.1, 0.15) is 24.5 Å². The summed E-state index contributed by atoms with van der Waals surface area (Å²) in [5.74, 6) is -0.642. The van der Waals surface area contributed by atoms with Crippen LogP contribution in [-0.4, -0.2) is 15.0 Å².